The summed E-state index contributed by atoms with van der Waals surface area (Å²) in [5, 5.41) is 3.11. The Balaban J connectivity index is 2.02. The van der Waals surface area contributed by atoms with Crippen LogP contribution in [0.5, 0.6) is 5.75 Å². The topological polar surface area (TPSA) is 58.6 Å². The van der Waals surface area contributed by atoms with Gasteiger partial charge in [-0.3, -0.25) is 9.59 Å². The fourth-order valence-electron chi connectivity index (χ4n) is 4.42. The first kappa shape index (κ1) is 27.0. The van der Waals surface area contributed by atoms with Crippen LogP contribution in [0.4, 0.5) is 0 Å². The van der Waals surface area contributed by atoms with Gasteiger partial charge < -0.3 is 15.0 Å². The number of nitrogens with zero attached hydrogens (tertiary/aromatic N) is 1. The minimum atomic E-state index is -0.670. The number of carbonyl (C=O) groups is 2. The SMILES string of the molecule is COc1cccc(CN(C(=O)Cc2cc(C)cc(C)c2)[C@H](Cc2ccccc2)C(=O)NC(C)(C)C)c1. The third-order valence-electron chi connectivity index (χ3n) is 5.89. The van der Waals surface area contributed by atoms with E-state index in [9.17, 15) is 9.59 Å². The van der Waals surface area contributed by atoms with Crippen molar-refractivity contribution in [2.45, 2.75) is 65.6 Å². The second kappa shape index (κ2) is 11.9. The van der Waals surface area contributed by atoms with Crippen LogP contribution in [-0.4, -0.2) is 35.4 Å². The van der Waals surface area contributed by atoms with Crippen LogP contribution >= 0.6 is 0 Å². The molecule has 0 bridgehead atoms. The molecule has 0 aliphatic heterocycles. The van der Waals surface area contributed by atoms with Crippen molar-refractivity contribution in [3.8, 4) is 5.75 Å². The van der Waals surface area contributed by atoms with Gasteiger partial charge in [-0.05, 0) is 63.4 Å². The van der Waals surface area contributed by atoms with Crippen LogP contribution in [0.25, 0.3) is 0 Å². The van der Waals surface area contributed by atoms with E-state index in [0.29, 0.717) is 18.7 Å². The quantitative estimate of drug-likeness (QED) is 0.440. The summed E-state index contributed by atoms with van der Waals surface area (Å²) in [6, 6.07) is 23.0. The smallest absolute Gasteiger partial charge is 0.243 e. The first-order valence-electron chi connectivity index (χ1n) is 12.4. The van der Waals surface area contributed by atoms with E-state index < -0.39 is 11.6 Å². The Labute approximate surface area is 215 Å². The minimum absolute atomic E-state index is 0.0900. The van der Waals surface area contributed by atoms with Crippen molar-refractivity contribution in [1.82, 2.24) is 10.2 Å². The standard InChI is InChI=1S/C31H38N2O3/c1-22-15-23(2)17-26(16-22)20-29(34)33(21-25-13-10-14-27(18-25)36-6)28(30(35)32-31(3,4)5)19-24-11-8-7-9-12-24/h7-18,28H,19-21H2,1-6H3,(H,32,35)/t28-/m1/s1. The number of hydrogen-bond donors (Lipinski definition) is 1. The summed E-state index contributed by atoms with van der Waals surface area (Å²) >= 11 is 0. The number of carbonyl (C=O) groups excluding carboxylic acids is 2. The summed E-state index contributed by atoms with van der Waals surface area (Å²) in [7, 11) is 1.62. The number of benzene rings is 3. The van der Waals surface area contributed by atoms with Crippen molar-refractivity contribution in [3.05, 3.63) is 101 Å². The van der Waals surface area contributed by atoms with Gasteiger partial charge in [0.1, 0.15) is 11.8 Å². The molecule has 3 aromatic rings. The molecule has 1 N–H and O–H groups in total. The molecule has 3 aromatic carbocycles. The van der Waals surface area contributed by atoms with Gasteiger partial charge in [0.25, 0.3) is 0 Å². The zero-order chi connectivity index (χ0) is 26.3. The number of ether oxygens (including phenoxy) is 1. The summed E-state index contributed by atoms with van der Waals surface area (Å²) in [6.07, 6.45) is 0.645. The lowest BCUT2D eigenvalue weighted by molar-refractivity contribution is -0.141. The Morgan fingerprint density at radius 2 is 1.50 bits per heavy atom. The Bertz CT molecular complexity index is 1160. The van der Waals surface area contributed by atoms with E-state index in [-0.39, 0.29) is 18.2 Å². The summed E-state index contributed by atoms with van der Waals surface area (Å²) < 4.78 is 5.41. The molecule has 0 spiro atoms. The van der Waals surface area contributed by atoms with Gasteiger partial charge in [-0.25, -0.2) is 0 Å². The summed E-state index contributed by atoms with van der Waals surface area (Å²) in [4.78, 5) is 29.3. The highest BCUT2D eigenvalue weighted by Crippen LogP contribution is 2.20. The molecule has 0 heterocycles. The van der Waals surface area contributed by atoms with Crippen molar-refractivity contribution < 1.29 is 14.3 Å². The second-order valence-corrected chi connectivity index (χ2v) is 10.5. The van der Waals surface area contributed by atoms with Gasteiger partial charge in [-0.15, -0.1) is 0 Å². The lowest BCUT2D eigenvalue weighted by Gasteiger charge is -2.34. The van der Waals surface area contributed by atoms with Gasteiger partial charge >= 0.3 is 0 Å². The maximum atomic E-state index is 13.9. The molecular formula is C31H38N2O3. The molecule has 2 amide bonds. The first-order valence-corrected chi connectivity index (χ1v) is 12.4. The van der Waals surface area contributed by atoms with Crippen molar-refractivity contribution in [2.24, 2.45) is 0 Å². The number of amides is 2. The van der Waals surface area contributed by atoms with Crippen LogP contribution < -0.4 is 10.1 Å². The molecule has 190 valence electrons. The van der Waals surface area contributed by atoms with E-state index in [2.05, 4.69) is 11.4 Å². The van der Waals surface area contributed by atoms with Gasteiger partial charge in [0.2, 0.25) is 11.8 Å². The number of rotatable bonds is 9. The van der Waals surface area contributed by atoms with E-state index in [4.69, 9.17) is 4.74 Å². The molecule has 0 aromatic heterocycles. The van der Waals surface area contributed by atoms with E-state index in [0.717, 1.165) is 27.8 Å². The Morgan fingerprint density at radius 3 is 2.11 bits per heavy atom. The van der Waals surface area contributed by atoms with Crippen molar-refractivity contribution in [1.29, 1.82) is 0 Å². The number of methoxy groups -OCH3 is 1. The monoisotopic (exact) mass is 486 g/mol. The molecule has 5 heteroatoms. The molecule has 0 radical (unpaired) electrons. The van der Waals surface area contributed by atoms with Gasteiger partial charge in [-0.2, -0.15) is 0 Å². The molecule has 36 heavy (non-hydrogen) atoms. The fraction of sp³-hybridized carbons (Fsp3) is 0.355. The highest BCUT2D eigenvalue weighted by Gasteiger charge is 2.32. The van der Waals surface area contributed by atoms with Crippen LogP contribution in [0, 0.1) is 13.8 Å². The van der Waals surface area contributed by atoms with Crippen LogP contribution in [0.15, 0.2) is 72.8 Å². The van der Waals surface area contributed by atoms with Crippen molar-refractivity contribution in [3.63, 3.8) is 0 Å². The Kier molecular flexibility index (Phi) is 8.92. The molecule has 0 aliphatic rings. The van der Waals surface area contributed by atoms with Crippen molar-refractivity contribution in [2.75, 3.05) is 7.11 Å². The van der Waals surface area contributed by atoms with Gasteiger partial charge in [0.15, 0.2) is 0 Å². The molecule has 3 rings (SSSR count). The lowest BCUT2D eigenvalue weighted by atomic mass is 9.99. The predicted octanol–water partition coefficient (Wildman–Crippen LogP) is 5.41. The van der Waals surface area contributed by atoms with Crippen LogP contribution in [-0.2, 0) is 29.0 Å². The highest BCUT2D eigenvalue weighted by molar-refractivity contribution is 5.89. The highest BCUT2D eigenvalue weighted by atomic mass is 16.5. The number of nitrogens with one attached hydrogen (secondary N) is 1. The van der Waals surface area contributed by atoms with Crippen molar-refractivity contribution >= 4 is 11.8 Å². The maximum absolute atomic E-state index is 13.9. The maximum Gasteiger partial charge on any atom is 0.243 e. The largest absolute Gasteiger partial charge is 0.497 e. The Morgan fingerprint density at radius 1 is 0.861 bits per heavy atom. The fourth-order valence-corrected chi connectivity index (χ4v) is 4.42. The average molecular weight is 487 g/mol. The second-order valence-electron chi connectivity index (χ2n) is 10.5. The molecule has 0 aliphatic carbocycles. The summed E-state index contributed by atoms with van der Waals surface area (Å²) in [6.45, 7) is 10.2. The number of hydrogen-bond acceptors (Lipinski definition) is 3. The summed E-state index contributed by atoms with van der Waals surface area (Å²) in [5.41, 5.74) is 4.66. The van der Waals surface area contributed by atoms with Crippen LogP contribution in [0.3, 0.4) is 0 Å². The van der Waals surface area contributed by atoms with E-state index in [1.54, 1.807) is 12.0 Å². The van der Waals surface area contributed by atoms with E-state index in [1.807, 2.05) is 101 Å². The molecule has 0 fully saturated rings. The van der Waals surface area contributed by atoms with E-state index >= 15 is 0 Å². The molecule has 5 nitrogen and oxygen atoms in total. The third kappa shape index (κ3) is 7.98. The third-order valence-corrected chi connectivity index (χ3v) is 5.89. The van der Waals surface area contributed by atoms with Crippen LogP contribution in [0.2, 0.25) is 0 Å². The van der Waals surface area contributed by atoms with Crippen LogP contribution in [0.1, 0.15) is 48.6 Å². The van der Waals surface area contributed by atoms with Gasteiger partial charge in [0.05, 0.1) is 13.5 Å². The zero-order valence-corrected chi connectivity index (χ0v) is 22.3. The van der Waals surface area contributed by atoms with Gasteiger partial charge in [0, 0.05) is 18.5 Å². The zero-order valence-electron chi connectivity index (χ0n) is 22.3. The lowest BCUT2D eigenvalue weighted by Crippen LogP contribution is -2.54. The van der Waals surface area contributed by atoms with E-state index in [1.165, 1.54) is 0 Å². The first-order chi connectivity index (χ1) is 17.0. The molecule has 0 saturated carbocycles. The van der Waals surface area contributed by atoms with Gasteiger partial charge in [-0.1, -0.05) is 71.8 Å². The summed E-state index contributed by atoms with van der Waals surface area (Å²) in [5.74, 6) is 0.462. The molecular weight excluding hydrogens is 448 g/mol. The predicted molar refractivity (Wildman–Crippen MR) is 145 cm³/mol. The molecule has 0 saturated heterocycles. The number of aryl methyl sites for hydroxylation is 2. The average Bonchev–Trinajstić information content (AvgIpc) is 2.80. The normalized spacial score (nSPS) is 12.1. The Hall–Kier alpha value is -3.60. The molecule has 0 unspecified atom stereocenters. The molecule has 1 atom stereocenters. The minimum Gasteiger partial charge on any atom is -0.497 e.